The highest BCUT2D eigenvalue weighted by molar-refractivity contribution is 7.07. The van der Waals surface area contributed by atoms with Crippen LogP contribution >= 0.6 is 11.3 Å². The van der Waals surface area contributed by atoms with E-state index in [1.165, 1.54) is 5.56 Å². The van der Waals surface area contributed by atoms with E-state index in [0.717, 1.165) is 6.42 Å². The average Bonchev–Trinajstić information content (AvgIpc) is 2.91. The van der Waals surface area contributed by atoms with Gasteiger partial charge in [0.05, 0.1) is 0 Å². The molecule has 2 aromatic heterocycles. The van der Waals surface area contributed by atoms with E-state index >= 15 is 0 Å². The Labute approximate surface area is 115 Å². The molecule has 1 unspecified atom stereocenters. The lowest BCUT2D eigenvalue weighted by Gasteiger charge is -2.13. The number of nitrogen functional groups attached to an aromatic ring is 1. The highest BCUT2D eigenvalue weighted by Crippen LogP contribution is 2.09. The van der Waals surface area contributed by atoms with Crippen LogP contribution in [0.25, 0.3) is 0 Å². The van der Waals surface area contributed by atoms with Crippen molar-refractivity contribution in [1.29, 1.82) is 0 Å². The van der Waals surface area contributed by atoms with E-state index in [4.69, 9.17) is 5.84 Å². The van der Waals surface area contributed by atoms with Gasteiger partial charge in [0.1, 0.15) is 11.5 Å². The number of aromatic nitrogens is 1. The highest BCUT2D eigenvalue weighted by Gasteiger charge is 2.12. The number of nitrogens with one attached hydrogen (secondary N) is 2. The molecular weight excluding hydrogens is 260 g/mol. The Balaban J connectivity index is 1.96. The Bertz CT molecular complexity index is 541. The van der Waals surface area contributed by atoms with Crippen LogP contribution < -0.4 is 16.6 Å². The fraction of sp³-hybridized carbons (Fsp3) is 0.231. The predicted molar refractivity (Wildman–Crippen MR) is 77.0 cm³/mol. The van der Waals surface area contributed by atoms with Crippen LogP contribution in [0.1, 0.15) is 23.0 Å². The van der Waals surface area contributed by atoms with Gasteiger partial charge in [0, 0.05) is 6.04 Å². The summed E-state index contributed by atoms with van der Waals surface area (Å²) in [5.41, 5.74) is 4.00. The first-order chi connectivity index (χ1) is 9.19. The van der Waals surface area contributed by atoms with Gasteiger partial charge in [-0.25, -0.2) is 10.8 Å². The van der Waals surface area contributed by atoms with Crippen molar-refractivity contribution in [2.45, 2.75) is 19.4 Å². The van der Waals surface area contributed by atoms with Crippen LogP contribution in [0.5, 0.6) is 0 Å². The SMILES string of the molecule is CC(Cc1ccsc1)NC(=O)c1cccc(NN)n1. The first kappa shape index (κ1) is 13.5. The zero-order valence-electron chi connectivity index (χ0n) is 10.6. The molecule has 5 nitrogen and oxygen atoms in total. The molecule has 0 saturated carbocycles. The fourth-order valence-electron chi connectivity index (χ4n) is 1.75. The Kier molecular flexibility index (Phi) is 4.48. The van der Waals surface area contributed by atoms with Crippen molar-refractivity contribution in [3.63, 3.8) is 0 Å². The molecule has 0 spiro atoms. The number of nitrogens with zero attached hydrogens (tertiary/aromatic N) is 1. The molecule has 6 heteroatoms. The van der Waals surface area contributed by atoms with Crippen LogP contribution in [0.2, 0.25) is 0 Å². The number of amides is 1. The summed E-state index contributed by atoms with van der Waals surface area (Å²) in [5.74, 6) is 5.54. The number of carbonyl (C=O) groups excluding carboxylic acids is 1. The van der Waals surface area contributed by atoms with Gasteiger partial charge in [0.15, 0.2) is 0 Å². The van der Waals surface area contributed by atoms with Gasteiger partial charge in [0.25, 0.3) is 5.91 Å². The number of hydrogen-bond donors (Lipinski definition) is 3. The van der Waals surface area contributed by atoms with E-state index in [9.17, 15) is 4.79 Å². The Morgan fingerprint density at radius 2 is 2.32 bits per heavy atom. The summed E-state index contributed by atoms with van der Waals surface area (Å²) in [6.07, 6.45) is 0.810. The summed E-state index contributed by atoms with van der Waals surface area (Å²) < 4.78 is 0. The minimum Gasteiger partial charge on any atom is -0.348 e. The lowest BCUT2D eigenvalue weighted by molar-refractivity contribution is 0.0935. The predicted octanol–water partition coefficient (Wildman–Crippen LogP) is 1.79. The maximum absolute atomic E-state index is 12.0. The number of rotatable bonds is 5. The van der Waals surface area contributed by atoms with Gasteiger partial charge in [-0.2, -0.15) is 11.3 Å². The first-order valence-electron chi connectivity index (χ1n) is 5.94. The second kappa shape index (κ2) is 6.31. The topological polar surface area (TPSA) is 80.0 Å². The van der Waals surface area contributed by atoms with Crippen molar-refractivity contribution < 1.29 is 4.79 Å². The summed E-state index contributed by atoms with van der Waals surface area (Å²) in [4.78, 5) is 16.1. The molecule has 2 heterocycles. The minimum absolute atomic E-state index is 0.0541. The molecule has 0 aliphatic heterocycles. The van der Waals surface area contributed by atoms with Crippen molar-refractivity contribution in [2.75, 3.05) is 5.43 Å². The molecule has 100 valence electrons. The summed E-state index contributed by atoms with van der Waals surface area (Å²) in [6.45, 7) is 1.97. The van der Waals surface area contributed by atoms with Gasteiger partial charge >= 0.3 is 0 Å². The summed E-state index contributed by atoms with van der Waals surface area (Å²) in [7, 11) is 0. The number of thiophene rings is 1. The number of nitrogens with two attached hydrogens (primary N) is 1. The van der Waals surface area contributed by atoms with E-state index in [1.807, 2.05) is 12.3 Å². The zero-order valence-corrected chi connectivity index (χ0v) is 11.4. The van der Waals surface area contributed by atoms with E-state index in [2.05, 4.69) is 27.2 Å². The highest BCUT2D eigenvalue weighted by atomic mass is 32.1. The van der Waals surface area contributed by atoms with E-state index in [1.54, 1.807) is 29.5 Å². The Morgan fingerprint density at radius 3 is 3.00 bits per heavy atom. The van der Waals surface area contributed by atoms with Gasteiger partial charge in [-0.15, -0.1) is 0 Å². The van der Waals surface area contributed by atoms with Gasteiger partial charge in [-0.3, -0.25) is 4.79 Å². The van der Waals surface area contributed by atoms with Crippen LogP contribution in [-0.2, 0) is 6.42 Å². The first-order valence-corrected chi connectivity index (χ1v) is 6.89. The third kappa shape index (κ3) is 3.77. The normalized spacial score (nSPS) is 11.9. The molecule has 0 aromatic carbocycles. The van der Waals surface area contributed by atoms with Gasteiger partial charge in [-0.1, -0.05) is 6.07 Å². The maximum atomic E-state index is 12.0. The molecule has 0 bridgehead atoms. The molecule has 0 radical (unpaired) electrons. The largest absolute Gasteiger partial charge is 0.348 e. The molecule has 2 rings (SSSR count). The molecule has 0 aliphatic rings. The van der Waals surface area contributed by atoms with Crippen molar-refractivity contribution in [3.05, 3.63) is 46.3 Å². The van der Waals surface area contributed by atoms with Crippen molar-refractivity contribution >= 4 is 23.1 Å². The van der Waals surface area contributed by atoms with Crippen LogP contribution in [0.4, 0.5) is 5.82 Å². The van der Waals surface area contributed by atoms with Crippen LogP contribution in [0.15, 0.2) is 35.0 Å². The third-order valence-electron chi connectivity index (χ3n) is 2.63. The van der Waals surface area contributed by atoms with Crippen LogP contribution in [0.3, 0.4) is 0 Å². The summed E-state index contributed by atoms with van der Waals surface area (Å²) >= 11 is 1.65. The molecular formula is C13H16N4OS. The van der Waals surface area contributed by atoms with E-state index < -0.39 is 0 Å². The lowest BCUT2D eigenvalue weighted by atomic mass is 10.1. The van der Waals surface area contributed by atoms with Gasteiger partial charge < -0.3 is 10.7 Å². The fourth-order valence-corrected chi connectivity index (χ4v) is 2.43. The molecule has 2 aromatic rings. The summed E-state index contributed by atoms with van der Waals surface area (Å²) in [5, 5.41) is 7.03. The quantitative estimate of drug-likeness (QED) is 0.574. The second-order valence-corrected chi connectivity index (χ2v) is 5.04. The number of hydrogen-bond acceptors (Lipinski definition) is 5. The van der Waals surface area contributed by atoms with Crippen LogP contribution in [-0.4, -0.2) is 16.9 Å². The van der Waals surface area contributed by atoms with Crippen molar-refractivity contribution in [2.24, 2.45) is 5.84 Å². The third-order valence-corrected chi connectivity index (χ3v) is 3.36. The lowest BCUT2D eigenvalue weighted by Crippen LogP contribution is -2.34. The van der Waals surface area contributed by atoms with Gasteiger partial charge in [-0.05, 0) is 47.9 Å². The van der Waals surface area contributed by atoms with E-state index in [-0.39, 0.29) is 11.9 Å². The maximum Gasteiger partial charge on any atom is 0.270 e. The molecule has 0 fully saturated rings. The summed E-state index contributed by atoms with van der Waals surface area (Å²) in [6, 6.07) is 7.21. The monoisotopic (exact) mass is 276 g/mol. The Morgan fingerprint density at radius 1 is 1.47 bits per heavy atom. The van der Waals surface area contributed by atoms with E-state index in [0.29, 0.717) is 11.5 Å². The second-order valence-electron chi connectivity index (χ2n) is 4.26. The zero-order chi connectivity index (χ0) is 13.7. The smallest absolute Gasteiger partial charge is 0.270 e. The minimum atomic E-state index is -0.195. The molecule has 1 atom stereocenters. The van der Waals surface area contributed by atoms with Crippen LogP contribution in [0, 0.1) is 0 Å². The van der Waals surface area contributed by atoms with Crippen molar-refractivity contribution in [1.82, 2.24) is 10.3 Å². The number of carbonyl (C=O) groups is 1. The standard InChI is InChI=1S/C13H16N4OS/c1-9(7-10-5-6-19-8-10)15-13(18)11-3-2-4-12(16-11)17-14/h2-6,8-9H,7,14H2,1H3,(H,15,18)(H,16,17). The molecule has 0 aliphatic carbocycles. The number of hydrazine groups is 1. The molecule has 19 heavy (non-hydrogen) atoms. The molecule has 0 saturated heterocycles. The average molecular weight is 276 g/mol. The Hall–Kier alpha value is -1.92. The van der Waals surface area contributed by atoms with Crippen molar-refractivity contribution in [3.8, 4) is 0 Å². The molecule has 1 amide bonds. The molecule has 4 N–H and O–H groups in total. The van der Waals surface area contributed by atoms with Gasteiger partial charge in [0.2, 0.25) is 0 Å². The number of anilines is 1. The number of pyridine rings is 1.